The van der Waals surface area contributed by atoms with Gasteiger partial charge in [-0.25, -0.2) is 4.68 Å². The summed E-state index contributed by atoms with van der Waals surface area (Å²) in [6.45, 7) is 0.344. The van der Waals surface area contributed by atoms with Gasteiger partial charge in [-0.1, -0.05) is 0 Å². The maximum Gasteiger partial charge on any atom is 0.277 e. The molecule has 0 saturated carbocycles. The van der Waals surface area contributed by atoms with Crippen LogP contribution in [0.2, 0.25) is 0 Å². The van der Waals surface area contributed by atoms with E-state index in [1.807, 2.05) is 0 Å². The quantitative estimate of drug-likeness (QED) is 0.828. The summed E-state index contributed by atoms with van der Waals surface area (Å²) >= 11 is 2.07. The zero-order chi connectivity index (χ0) is 13.1. The van der Waals surface area contributed by atoms with Crippen molar-refractivity contribution in [3.8, 4) is 0 Å². The van der Waals surface area contributed by atoms with E-state index in [0.29, 0.717) is 18.1 Å². The lowest BCUT2D eigenvalue weighted by atomic mass is 10.4. The molecule has 0 unspecified atom stereocenters. The molecule has 7 nitrogen and oxygen atoms in total. The summed E-state index contributed by atoms with van der Waals surface area (Å²) in [6.07, 6.45) is 5.04. The molecule has 0 aromatic carbocycles. The van der Waals surface area contributed by atoms with Crippen LogP contribution in [0.1, 0.15) is 10.5 Å². The highest BCUT2D eigenvalue weighted by Crippen LogP contribution is 2.12. The van der Waals surface area contributed by atoms with Crippen molar-refractivity contribution >= 4 is 34.2 Å². The van der Waals surface area contributed by atoms with Gasteiger partial charge in [-0.15, -0.1) is 0 Å². The molecule has 2 rings (SSSR count). The molecule has 96 valence electrons. The van der Waals surface area contributed by atoms with Crippen molar-refractivity contribution in [2.75, 3.05) is 12.4 Å². The van der Waals surface area contributed by atoms with Crippen molar-refractivity contribution < 1.29 is 9.53 Å². The highest BCUT2D eigenvalue weighted by Gasteiger charge is 2.14. The summed E-state index contributed by atoms with van der Waals surface area (Å²) < 4.78 is 8.91. The van der Waals surface area contributed by atoms with Crippen LogP contribution in [0.25, 0.3) is 0 Å². The zero-order valence-electron chi connectivity index (χ0n) is 9.92. The molecule has 0 atom stereocenters. The fourth-order valence-corrected chi connectivity index (χ4v) is 2.19. The molecule has 2 aromatic rings. The monoisotopic (exact) mass is 361 g/mol. The molecule has 0 aliphatic carbocycles. The van der Waals surface area contributed by atoms with Gasteiger partial charge in [-0.3, -0.25) is 9.48 Å². The first kappa shape index (κ1) is 13.0. The first-order valence-corrected chi connectivity index (χ1v) is 6.20. The number of amides is 1. The summed E-state index contributed by atoms with van der Waals surface area (Å²) in [7, 11) is 3.35. The first-order chi connectivity index (χ1) is 8.60. The molecule has 1 amide bonds. The van der Waals surface area contributed by atoms with Crippen LogP contribution in [0.3, 0.4) is 0 Å². The molecule has 0 spiro atoms. The lowest BCUT2D eigenvalue weighted by Gasteiger charge is -1.99. The van der Waals surface area contributed by atoms with Crippen LogP contribution >= 0.6 is 22.6 Å². The van der Waals surface area contributed by atoms with Gasteiger partial charge in [-0.05, 0) is 22.6 Å². The Kier molecular flexibility index (Phi) is 3.97. The maximum atomic E-state index is 12.0. The predicted octanol–water partition coefficient (Wildman–Crippen LogP) is 1.08. The highest BCUT2D eigenvalue weighted by molar-refractivity contribution is 14.1. The number of aryl methyl sites for hydroxylation is 1. The molecule has 1 N–H and O–H groups in total. The van der Waals surface area contributed by atoms with E-state index in [1.54, 1.807) is 42.1 Å². The van der Waals surface area contributed by atoms with Crippen molar-refractivity contribution in [1.29, 1.82) is 0 Å². The Morgan fingerprint density at radius 1 is 1.56 bits per heavy atom. The van der Waals surface area contributed by atoms with Crippen molar-refractivity contribution in [2.45, 2.75) is 6.73 Å². The molecule has 18 heavy (non-hydrogen) atoms. The molecule has 0 fully saturated rings. The van der Waals surface area contributed by atoms with Crippen molar-refractivity contribution in [2.24, 2.45) is 7.05 Å². The lowest BCUT2D eigenvalue weighted by molar-refractivity contribution is 0.102. The lowest BCUT2D eigenvalue weighted by Crippen LogP contribution is -2.13. The molecule has 0 radical (unpaired) electrons. The van der Waals surface area contributed by atoms with E-state index < -0.39 is 0 Å². The number of nitrogens with zero attached hydrogens (tertiary/aromatic N) is 4. The van der Waals surface area contributed by atoms with E-state index in [9.17, 15) is 4.79 Å². The maximum absolute atomic E-state index is 12.0. The van der Waals surface area contributed by atoms with Crippen LogP contribution in [0, 0.1) is 3.57 Å². The second-order valence-corrected chi connectivity index (χ2v) is 4.80. The molecular weight excluding hydrogens is 349 g/mol. The number of anilines is 1. The molecule has 0 bridgehead atoms. The second kappa shape index (κ2) is 5.48. The average Bonchev–Trinajstić information content (AvgIpc) is 2.86. The minimum absolute atomic E-state index is 0.253. The van der Waals surface area contributed by atoms with E-state index in [2.05, 4.69) is 38.1 Å². The normalized spacial score (nSPS) is 10.6. The van der Waals surface area contributed by atoms with E-state index in [-0.39, 0.29) is 5.91 Å². The number of hydrogen-bond acceptors (Lipinski definition) is 4. The fourth-order valence-electron chi connectivity index (χ4n) is 1.43. The Hall–Kier alpha value is -1.42. The van der Waals surface area contributed by atoms with Crippen LogP contribution in [0.15, 0.2) is 18.6 Å². The standard InChI is InChI=1S/C10H12IN5O2/c1-15-5-8(11)9(14-15)10(17)13-7-3-12-16(4-7)6-18-2/h3-5H,6H2,1-2H3,(H,13,17). The van der Waals surface area contributed by atoms with Crippen LogP contribution in [-0.4, -0.2) is 32.6 Å². The van der Waals surface area contributed by atoms with E-state index in [1.165, 1.54) is 0 Å². The van der Waals surface area contributed by atoms with Crippen molar-refractivity contribution in [3.63, 3.8) is 0 Å². The van der Waals surface area contributed by atoms with Gasteiger partial charge in [-0.2, -0.15) is 10.2 Å². The van der Waals surface area contributed by atoms with E-state index >= 15 is 0 Å². The molecule has 2 aromatic heterocycles. The van der Waals surface area contributed by atoms with E-state index in [4.69, 9.17) is 4.74 Å². The van der Waals surface area contributed by atoms with Crippen LogP contribution in [-0.2, 0) is 18.5 Å². The van der Waals surface area contributed by atoms with Gasteiger partial charge in [0.15, 0.2) is 5.69 Å². The Balaban J connectivity index is 2.08. The Bertz CT molecular complexity index is 562. The van der Waals surface area contributed by atoms with Gasteiger partial charge in [0.05, 0.1) is 21.7 Å². The molecule has 0 saturated heterocycles. The number of halogens is 1. The largest absolute Gasteiger partial charge is 0.362 e. The molecule has 0 aliphatic rings. The topological polar surface area (TPSA) is 74.0 Å². The average molecular weight is 361 g/mol. The third-order valence-electron chi connectivity index (χ3n) is 2.15. The summed E-state index contributed by atoms with van der Waals surface area (Å²) in [5.74, 6) is -0.253. The van der Waals surface area contributed by atoms with Crippen LogP contribution < -0.4 is 5.32 Å². The van der Waals surface area contributed by atoms with Crippen molar-refractivity contribution in [3.05, 3.63) is 27.9 Å². The molecular formula is C10H12IN5O2. The molecule has 0 aliphatic heterocycles. The minimum Gasteiger partial charge on any atom is -0.362 e. The number of nitrogens with one attached hydrogen (secondary N) is 1. The number of ether oxygens (including phenoxy) is 1. The Morgan fingerprint density at radius 2 is 2.33 bits per heavy atom. The zero-order valence-corrected chi connectivity index (χ0v) is 12.1. The third-order valence-corrected chi connectivity index (χ3v) is 2.94. The number of hydrogen-bond donors (Lipinski definition) is 1. The highest BCUT2D eigenvalue weighted by atomic mass is 127. The summed E-state index contributed by atoms with van der Waals surface area (Å²) in [5, 5.41) is 10.9. The Labute approximate surface area is 117 Å². The van der Waals surface area contributed by atoms with E-state index in [0.717, 1.165) is 3.57 Å². The predicted molar refractivity (Wildman–Crippen MR) is 73.1 cm³/mol. The van der Waals surface area contributed by atoms with Gasteiger partial charge >= 0.3 is 0 Å². The third kappa shape index (κ3) is 2.88. The molecule has 2 heterocycles. The van der Waals surface area contributed by atoms with Crippen LogP contribution in [0.4, 0.5) is 5.69 Å². The number of methoxy groups -OCH3 is 1. The number of carbonyl (C=O) groups excluding carboxylic acids is 1. The van der Waals surface area contributed by atoms with Gasteiger partial charge in [0, 0.05) is 20.4 Å². The SMILES string of the molecule is COCn1cc(NC(=O)c2nn(C)cc2I)cn1. The molecule has 8 heteroatoms. The second-order valence-electron chi connectivity index (χ2n) is 3.64. The van der Waals surface area contributed by atoms with Gasteiger partial charge in [0.1, 0.15) is 6.73 Å². The number of carbonyl (C=O) groups is 1. The number of rotatable bonds is 4. The minimum atomic E-state index is -0.253. The van der Waals surface area contributed by atoms with Crippen molar-refractivity contribution in [1.82, 2.24) is 19.6 Å². The fraction of sp³-hybridized carbons (Fsp3) is 0.300. The van der Waals surface area contributed by atoms with Gasteiger partial charge in [0.25, 0.3) is 5.91 Å². The first-order valence-electron chi connectivity index (χ1n) is 5.12. The summed E-state index contributed by atoms with van der Waals surface area (Å²) in [4.78, 5) is 12.0. The van der Waals surface area contributed by atoms with Gasteiger partial charge in [0.2, 0.25) is 0 Å². The smallest absolute Gasteiger partial charge is 0.277 e. The van der Waals surface area contributed by atoms with Gasteiger partial charge < -0.3 is 10.1 Å². The van der Waals surface area contributed by atoms with Crippen LogP contribution in [0.5, 0.6) is 0 Å². The summed E-state index contributed by atoms with van der Waals surface area (Å²) in [5.41, 5.74) is 1.01. The Morgan fingerprint density at radius 3 is 2.94 bits per heavy atom. The summed E-state index contributed by atoms with van der Waals surface area (Å²) in [6, 6.07) is 0. The number of aromatic nitrogens is 4.